The molecule has 0 aromatic heterocycles. The van der Waals surface area contributed by atoms with E-state index in [9.17, 15) is 0 Å². The van der Waals surface area contributed by atoms with Crippen molar-refractivity contribution in [3.05, 3.63) is 49.6 Å². The SMILES string of the molecule is C=C/C=C(\C=C)C(C#N)CC=C. The Labute approximate surface area is 74.0 Å². The highest BCUT2D eigenvalue weighted by Gasteiger charge is 2.07. The lowest BCUT2D eigenvalue weighted by Gasteiger charge is -2.05. The minimum atomic E-state index is -0.141. The second-order valence-corrected chi connectivity index (χ2v) is 2.31. The highest BCUT2D eigenvalue weighted by atomic mass is 14.3. The van der Waals surface area contributed by atoms with Crippen molar-refractivity contribution in [1.82, 2.24) is 0 Å². The smallest absolute Gasteiger partial charge is 0.0746 e. The second-order valence-electron chi connectivity index (χ2n) is 2.31. The molecule has 0 aromatic rings. The Bertz CT molecular complexity index is 240. The van der Waals surface area contributed by atoms with E-state index in [0.717, 1.165) is 5.57 Å². The molecule has 1 atom stereocenters. The van der Waals surface area contributed by atoms with Crippen LogP contribution in [0.3, 0.4) is 0 Å². The lowest BCUT2D eigenvalue weighted by atomic mass is 9.97. The molecule has 0 amide bonds. The summed E-state index contributed by atoms with van der Waals surface area (Å²) in [5, 5.41) is 8.76. The molecule has 1 heteroatoms. The summed E-state index contributed by atoms with van der Waals surface area (Å²) in [6, 6.07) is 2.18. The van der Waals surface area contributed by atoms with Crippen molar-refractivity contribution >= 4 is 0 Å². The van der Waals surface area contributed by atoms with Crippen molar-refractivity contribution in [2.45, 2.75) is 6.42 Å². The normalized spacial score (nSPS) is 12.8. The Morgan fingerprint density at radius 1 is 1.42 bits per heavy atom. The van der Waals surface area contributed by atoms with Crippen LogP contribution in [-0.2, 0) is 0 Å². The van der Waals surface area contributed by atoms with Gasteiger partial charge in [-0.25, -0.2) is 0 Å². The Morgan fingerprint density at radius 2 is 2.08 bits per heavy atom. The summed E-state index contributed by atoms with van der Waals surface area (Å²) >= 11 is 0. The summed E-state index contributed by atoms with van der Waals surface area (Å²) in [4.78, 5) is 0. The fourth-order valence-corrected chi connectivity index (χ4v) is 0.893. The van der Waals surface area contributed by atoms with Gasteiger partial charge in [0, 0.05) is 0 Å². The van der Waals surface area contributed by atoms with E-state index in [1.807, 2.05) is 0 Å². The molecule has 0 rings (SSSR count). The predicted molar refractivity (Wildman–Crippen MR) is 52.4 cm³/mol. The molecule has 0 saturated carbocycles. The van der Waals surface area contributed by atoms with Crippen LogP contribution < -0.4 is 0 Å². The molecule has 0 aromatic carbocycles. The molecule has 12 heavy (non-hydrogen) atoms. The van der Waals surface area contributed by atoms with Crippen molar-refractivity contribution < 1.29 is 0 Å². The molecule has 0 fully saturated rings. The van der Waals surface area contributed by atoms with Crippen LogP contribution in [0.4, 0.5) is 0 Å². The number of rotatable bonds is 5. The Morgan fingerprint density at radius 3 is 2.42 bits per heavy atom. The number of allylic oxidation sites excluding steroid dienone is 5. The van der Waals surface area contributed by atoms with Crippen molar-refractivity contribution in [2.75, 3.05) is 0 Å². The van der Waals surface area contributed by atoms with Crippen LogP contribution in [0.25, 0.3) is 0 Å². The van der Waals surface area contributed by atoms with Gasteiger partial charge in [0.15, 0.2) is 0 Å². The van der Waals surface area contributed by atoms with Gasteiger partial charge < -0.3 is 0 Å². The molecule has 62 valence electrons. The van der Waals surface area contributed by atoms with Crippen LogP contribution in [0.15, 0.2) is 49.6 Å². The van der Waals surface area contributed by atoms with Crippen molar-refractivity contribution in [3.63, 3.8) is 0 Å². The molecule has 0 bridgehead atoms. The van der Waals surface area contributed by atoms with Crippen LogP contribution >= 0.6 is 0 Å². The quantitative estimate of drug-likeness (QED) is 0.447. The van der Waals surface area contributed by atoms with E-state index < -0.39 is 0 Å². The lowest BCUT2D eigenvalue weighted by molar-refractivity contribution is 0.813. The average Bonchev–Trinajstić information content (AvgIpc) is 2.11. The summed E-state index contributed by atoms with van der Waals surface area (Å²) in [5.41, 5.74) is 0.896. The maximum atomic E-state index is 8.76. The Kier molecular flexibility index (Phi) is 5.38. The van der Waals surface area contributed by atoms with Gasteiger partial charge in [-0.3, -0.25) is 0 Å². The molecule has 0 radical (unpaired) electrons. The zero-order valence-corrected chi connectivity index (χ0v) is 7.16. The van der Waals surface area contributed by atoms with Gasteiger partial charge in [0.1, 0.15) is 0 Å². The summed E-state index contributed by atoms with van der Waals surface area (Å²) in [6.45, 7) is 10.8. The summed E-state index contributed by atoms with van der Waals surface area (Å²) in [5.74, 6) is -0.141. The van der Waals surface area contributed by atoms with Crippen LogP contribution in [0.1, 0.15) is 6.42 Å². The van der Waals surface area contributed by atoms with E-state index in [4.69, 9.17) is 5.26 Å². The molecule has 1 unspecified atom stereocenters. The monoisotopic (exact) mass is 159 g/mol. The molecular weight excluding hydrogens is 146 g/mol. The molecule has 0 spiro atoms. The molecule has 0 aliphatic carbocycles. The number of nitrogens with zero attached hydrogens (tertiary/aromatic N) is 1. The van der Waals surface area contributed by atoms with Crippen LogP contribution in [0.2, 0.25) is 0 Å². The maximum Gasteiger partial charge on any atom is 0.0746 e. The highest BCUT2D eigenvalue weighted by molar-refractivity contribution is 5.28. The third kappa shape index (κ3) is 3.03. The fraction of sp³-hybridized carbons (Fsp3) is 0.182. The zero-order chi connectivity index (χ0) is 9.40. The minimum Gasteiger partial charge on any atom is -0.198 e. The van der Waals surface area contributed by atoms with Gasteiger partial charge in [-0.15, -0.1) is 6.58 Å². The number of hydrogen-bond acceptors (Lipinski definition) is 1. The highest BCUT2D eigenvalue weighted by Crippen LogP contribution is 2.15. The minimum absolute atomic E-state index is 0.141. The second kappa shape index (κ2) is 6.18. The molecule has 0 aliphatic heterocycles. The first kappa shape index (κ1) is 10.4. The molecule has 0 aliphatic rings. The average molecular weight is 159 g/mol. The van der Waals surface area contributed by atoms with Gasteiger partial charge in [0.25, 0.3) is 0 Å². The van der Waals surface area contributed by atoms with E-state index in [-0.39, 0.29) is 5.92 Å². The summed E-state index contributed by atoms with van der Waals surface area (Å²) in [7, 11) is 0. The van der Waals surface area contributed by atoms with Gasteiger partial charge in [0.05, 0.1) is 12.0 Å². The number of nitriles is 1. The fourth-order valence-electron chi connectivity index (χ4n) is 0.893. The summed E-state index contributed by atoms with van der Waals surface area (Å²) < 4.78 is 0. The topological polar surface area (TPSA) is 23.8 Å². The Hall–Kier alpha value is -1.55. The molecule has 1 nitrogen and oxygen atoms in total. The van der Waals surface area contributed by atoms with Gasteiger partial charge in [-0.1, -0.05) is 37.5 Å². The van der Waals surface area contributed by atoms with E-state index >= 15 is 0 Å². The van der Waals surface area contributed by atoms with Gasteiger partial charge >= 0.3 is 0 Å². The first-order valence-electron chi connectivity index (χ1n) is 3.75. The number of hydrogen-bond donors (Lipinski definition) is 0. The van der Waals surface area contributed by atoms with E-state index in [1.165, 1.54) is 0 Å². The molecule has 0 N–H and O–H groups in total. The standard InChI is InChI=1S/C11H13N/c1-4-7-10(6-3)11(9-12)8-5-2/h4-7,11H,1-3,8H2/b10-7+. The maximum absolute atomic E-state index is 8.76. The van der Waals surface area contributed by atoms with E-state index in [0.29, 0.717) is 6.42 Å². The first-order chi connectivity index (χ1) is 5.79. The van der Waals surface area contributed by atoms with Gasteiger partial charge in [-0.2, -0.15) is 5.26 Å². The zero-order valence-electron chi connectivity index (χ0n) is 7.16. The molecule has 0 saturated heterocycles. The summed E-state index contributed by atoms with van der Waals surface area (Å²) in [6.07, 6.45) is 7.52. The molecule has 0 heterocycles. The predicted octanol–water partition coefficient (Wildman–Crippen LogP) is 3.00. The third-order valence-corrected chi connectivity index (χ3v) is 1.51. The van der Waals surface area contributed by atoms with Crippen molar-refractivity contribution in [3.8, 4) is 6.07 Å². The third-order valence-electron chi connectivity index (χ3n) is 1.51. The van der Waals surface area contributed by atoms with E-state index in [1.54, 1.807) is 24.3 Å². The largest absolute Gasteiger partial charge is 0.198 e. The molecular formula is C11H13N. The van der Waals surface area contributed by atoms with Crippen molar-refractivity contribution in [1.29, 1.82) is 5.26 Å². The first-order valence-corrected chi connectivity index (χ1v) is 3.75. The Balaban J connectivity index is 4.56. The van der Waals surface area contributed by atoms with E-state index in [2.05, 4.69) is 25.8 Å². The lowest BCUT2D eigenvalue weighted by Crippen LogP contribution is -1.97. The van der Waals surface area contributed by atoms with Gasteiger partial charge in [0.2, 0.25) is 0 Å². The van der Waals surface area contributed by atoms with Crippen LogP contribution in [0, 0.1) is 17.2 Å². The van der Waals surface area contributed by atoms with Crippen LogP contribution in [0.5, 0.6) is 0 Å². The van der Waals surface area contributed by atoms with Gasteiger partial charge in [-0.05, 0) is 12.0 Å². The van der Waals surface area contributed by atoms with Crippen LogP contribution in [-0.4, -0.2) is 0 Å². The van der Waals surface area contributed by atoms with Crippen molar-refractivity contribution in [2.24, 2.45) is 5.92 Å².